The molecule has 2 rings (SSSR count). The molecule has 0 radical (unpaired) electrons. The Bertz CT molecular complexity index is 627. The monoisotopic (exact) mass is 327 g/mol. The van der Waals surface area contributed by atoms with Crippen LogP contribution in [-0.2, 0) is 11.3 Å². The van der Waals surface area contributed by atoms with E-state index in [2.05, 4.69) is 40.3 Å². The Balaban J connectivity index is 1.97. The minimum Gasteiger partial charge on any atom is -0.453 e. The fourth-order valence-electron chi connectivity index (χ4n) is 2.48. The van der Waals surface area contributed by atoms with E-state index in [1.807, 2.05) is 42.6 Å². The molecular formula is C19H25N3O2. The van der Waals surface area contributed by atoms with Crippen molar-refractivity contribution in [1.82, 2.24) is 10.3 Å². The number of hydrogen-bond acceptors (Lipinski definition) is 4. The van der Waals surface area contributed by atoms with E-state index in [1.165, 1.54) is 7.11 Å². The first-order chi connectivity index (χ1) is 11.6. The summed E-state index contributed by atoms with van der Waals surface area (Å²) in [6.07, 6.45) is 2.39. The van der Waals surface area contributed by atoms with E-state index in [0.29, 0.717) is 11.6 Å². The van der Waals surface area contributed by atoms with Gasteiger partial charge in [-0.3, -0.25) is 10.3 Å². The van der Waals surface area contributed by atoms with Crippen molar-refractivity contribution in [3.8, 4) is 0 Å². The lowest BCUT2D eigenvalue weighted by atomic mass is 10.0. The van der Waals surface area contributed by atoms with Gasteiger partial charge in [-0.15, -0.1) is 0 Å². The number of benzene rings is 1. The summed E-state index contributed by atoms with van der Waals surface area (Å²) in [5.41, 5.74) is 2.93. The highest BCUT2D eigenvalue weighted by Crippen LogP contribution is 2.20. The van der Waals surface area contributed by atoms with Gasteiger partial charge in [-0.1, -0.05) is 32.0 Å². The molecule has 1 aromatic carbocycles. The van der Waals surface area contributed by atoms with E-state index in [0.717, 1.165) is 24.2 Å². The number of nitrogens with zero attached hydrogens (tertiary/aromatic N) is 1. The molecule has 2 aromatic rings. The Morgan fingerprint density at radius 1 is 1.17 bits per heavy atom. The molecule has 0 saturated heterocycles. The highest BCUT2D eigenvalue weighted by molar-refractivity contribution is 5.84. The normalized spacial score (nSPS) is 12.0. The van der Waals surface area contributed by atoms with E-state index in [4.69, 9.17) is 0 Å². The van der Waals surface area contributed by atoms with Gasteiger partial charge in [0.1, 0.15) is 0 Å². The van der Waals surface area contributed by atoms with Crippen molar-refractivity contribution in [2.24, 2.45) is 5.92 Å². The van der Waals surface area contributed by atoms with Gasteiger partial charge in [0.2, 0.25) is 0 Å². The van der Waals surface area contributed by atoms with Crippen molar-refractivity contribution >= 4 is 11.8 Å². The zero-order valence-electron chi connectivity index (χ0n) is 14.5. The summed E-state index contributed by atoms with van der Waals surface area (Å²) in [5, 5.41) is 6.22. The lowest BCUT2D eigenvalue weighted by Gasteiger charge is -2.20. The van der Waals surface area contributed by atoms with Crippen LogP contribution in [0.25, 0.3) is 0 Å². The predicted octanol–water partition coefficient (Wildman–Crippen LogP) is 4.14. The molecule has 0 bridgehead atoms. The van der Waals surface area contributed by atoms with Gasteiger partial charge in [0, 0.05) is 24.5 Å². The van der Waals surface area contributed by atoms with Crippen LogP contribution in [0.1, 0.15) is 37.6 Å². The molecule has 128 valence electrons. The van der Waals surface area contributed by atoms with Crippen LogP contribution in [0, 0.1) is 5.92 Å². The second kappa shape index (κ2) is 9.03. The van der Waals surface area contributed by atoms with Gasteiger partial charge in [0.25, 0.3) is 0 Å². The first kappa shape index (κ1) is 17.9. The maximum Gasteiger partial charge on any atom is 0.411 e. The molecule has 0 aliphatic heterocycles. The number of anilines is 1. The molecule has 1 atom stereocenters. The summed E-state index contributed by atoms with van der Waals surface area (Å²) in [4.78, 5) is 15.7. The number of amides is 1. The highest BCUT2D eigenvalue weighted by Gasteiger charge is 2.14. The van der Waals surface area contributed by atoms with Gasteiger partial charge in [-0.25, -0.2) is 4.79 Å². The summed E-state index contributed by atoms with van der Waals surface area (Å²) in [6.45, 7) is 5.17. The minimum absolute atomic E-state index is 0.221. The van der Waals surface area contributed by atoms with Crippen LogP contribution in [-0.4, -0.2) is 18.2 Å². The first-order valence-electron chi connectivity index (χ1n) is 8.16. The summed E-state index contributed by atoms with van der Waals surface area (Å²) >= 11 is 0. The van der Waals surface area contributed by atoms with Crippen molar-refractivity contribution in [2.45, 2.75) is 32.9 Å². The zero-order valence-corrected chi connectivity index (χ0v) is 14.5. The Kier molecular flexibility index (Phi) is 6.75. The second-order valence-corrected chi connectivity index (χ2v) is 6.13. The van der Waals surface area contributed by atoms with Crippen LogP contribution in [0.2, 0.25) is 0 Å². The first-order valence-corrected chi connectivity index (χ1v) is 8.16. The maximum absolute atomic E-state index is 11.2. The smallest absolute Gasteiger partial charge is 0.411 e. The second-order valence-electron chi connectivity index (χ2n) is 6.13. The number of hydrogen-bond donors (Lipinski definition) is 2. The lowest BCUT2D eigenvalue weighted by molar-refractivity contribution is 0.187. The van der Waals surface area contributed by atoms with Gasteiger partial charge in [0.15, 0.2) is 0 Å². The van der Waals surface area contributed by atoms with E-state index in [-0.39, 0.29) is 6.04 Å². The Morgan fingerprint density at radius 3 is 2.50 bits per heavy atom. The minimum atomic E-state index is -0.465. The maximum atomic E-state index is 11.2. The predicted molar refractivity (Wildman–Crippen MR) is 95.7 cm³/mol. The van der Waals surface area contributed by atoms with E-state index in [9.17, 15) is 4.79 Å². The van der Waals surface area contributed by atoms with Crippen molar-refractivity contribution in [2.75, 3.05) is 12.4 Å². The lowest BCUT2D eigenvalue weighted by Crippen LogP contribution is -2.23. The van der Waals surface area contributed by atoms with Crippen LogP contribution >= 0.6 is 0 Å². The van der Waals surface area contributed by atoms with Crippen LogP contribution in [0.15, 0.2) is 48.7 Å². The molecule has 0 spiro atoms. The number of carbonyl (C=O) groups is 1. The van der Waals surface area contributed by atoms with Gasteiger partial charge >= 0.3 is 6.09 Å². The van der Waals surface area contributed by atoms with Crippen molar-refractivity contribution < 1.29 is 9.53 Å². The fourth-order valence-corrected chi connectivity index (χ4v) is 2.48. The molecule has 1 heterocycles. The number of carbonyl (C=O) groups excluding carboxylic acids is 1. The zero-order chi connectivity index (χ0) is 17.4. The molecular weight excluding hydrogens is 302 g/mol. The molecule has 1 amide bonds. The summed E-state index contributed by atoms with van der Waals surface area (Å²) in [7, 11) is 1.35. The third-order valence-electron chi connectivity index (χ3n) is 3.69. The Hall–Kier alpha value is -2.40. The van der Waals surface area contributed by atoms with Gasteiger partial charge in [0.05, 0.1) is 12.8 Å². The number of pyridine rings is 1. The Labute approximate surface area is 143 Å². The number of rotatable bonds is 7. The molecule has 0 fully saturated rings. The summed E-state index contributed by atoms with van der Waals surface area (Å²) < 4.78 is 4.58. The third kappa shape index (κ3) is 5.66. The molecule has 24 heavy (non-hydrogen) atoms. The molecule has 0 saturated carbocycles. The van der Waals surface area contributed by atoms with Crippen molar-refractivity contribution in [3.63, 3.8) is 0 Å². The Morgan fingerprint density at radius 2 is 1.92 bits per heavy atom. The largest absolute Gasteiger partial charge is 0.453 e. The molecule has 1 unspecified atom stereocenters. The van der Waals surface area contributed by atoms with E-state index in [1.54, 1.807) is 0 Å². The quantitative estimate of drug-likeness (QED) is 0.802. The average molecular weight is 327 g/mol. The molecule has 0 aliphatic carbocycles. The summed E-state index contributed by atoms with van der Waals surface area (Å²) in [5.74, 6) is 0.580. The van der Waals surface area contributed by atoms with Crippen LogP contribution in [0.3, 0.4) is 0 Å². The molecule has 0 aliphatic rings. The van der Waals surface area contributed by atoms with Gasteiger partial charge < -0.3 is 10.1 Å². The van der Waals surface area contributed by atoms with Crippen molar-refractivity contribution in [1.29, 1.82) is 0 Å². The van der Waals surface area contributed by atoms with Crippen molar-refractivity contribution in [3.05, 3.63) is 59.9 Å². The van der Waals surface area contributed by atoms with Gasteiger partial charge in [-0.05, 0) is 42.2 Å². The topological polar surface area (TPSA) is 63.2 Å². The van der Waals surface area contributed by atoms with E-state index < -0.39 is 6.09 Å². The standard InChI is InChI=1S/C19H25N3O2/c1-14(2)12-18(17-6-4-5-11-20-17)21-13-15-7-9-16(10-8-15)22-19(23)24-3/h4-11,14,18,21H,12-13H2,1-3H3,(H,22,23). The van der Waals surface area contributed by atoms with Crippen LogP contribution in [0.5, 0.6) is 0 Å². The molecule has 5 nitrogen and oxygen atoms in total. The molecule has 2 N–H and O–H groups in total. The van der Waals surface area contributed by atoms with Crippen LogP contribution < -0.4 is 10.6 Å². The van der Waals surface area contributed by atoms with Crippen LogP contribution in [0.4, 0.5) is 10.5 Å². The molecule has 5 heteroatoms. The number of aromatic nitrogens is 1. The third-order valence-corrected chi connectivity index (χ3v) is 3.69. The number of methoxy groups -OCH3 is 1. The SMILES string of the molecule is COC(=O)Nc1ccc(CNC(CC(C)C)c2ccccn2)cc1. The fraction of sp³-hybridized carbons (Fsp3) is 0.368. The number of nitrogens with one attached hydrogen (secondary N) is 2. The molecule has 1 aromatic heterocycles. The average Bonchev–Trinajstić information content (AvgIpc) is 2.60. The number of ether oxygens (including phenoxy) is 1. The highest BCUT2D eigenvalue weighted by atomic mass is 16.5. The summed E-state index contributed by atoms with van der Waals surface area (Å²) in [6, 6.07) is 13.9. The van der Waals surface area contributed by atoms with E-state index >= 15 is 0 Å². The van der Waals surface area contributed by atoms with Gasteiger partial charge in [-0.2, -0.15) is 0 Å².